The second-order valence-corrected chi connectivity index (χ2v) is 6.75. The highest BCUT2D eigenvalue weighted by molar-refractivity contribution is 5.72. The van der Waals surface area contributed by atoms with Crippen LogP contribution in [-0.4, -0.2) is 19.6 Å². The van der Waals surface area contributed by atoms with Crippen molar-refractivity contribution in [1.82, 2.24) is 19.6 Å². The number of imidazole rings is 1. The molecule has 5 aromatic rings. The summed E-state index contributed by atoms with van der Waals surface area (Å²) in [6.07, 6.45) is 4.24. The summed E-state index contributed by atoms with van der Waals surface area (Å²) in [5, 5.41) is 11.0. The van der Waals surface area contributed by atoms with Crippen molar-refractivity contribution in [2.24, 2.45) is 0 Å². The number of anilines is 2. The molecule has 0 aliphatic carbocycles. The minimum absolute atomic E-state index is 0.250. The monoisotopic (exact) mass is 398 g/mol. The fourth-order valence-corrected chi connectivity index (χ4v) is 3.30. The van der Waals surface area contributed by atoms with Crippen LogP contribution in [0.2, 0.25) is 0 Å². The van der Waals surface area contributed by atoms with E-state index in [-0.39, 0.29) is 5.82 Å². The number of pyridine rings is 1. The molecule has 2 aromatic carbocycles. The largest absolute Gasteiger partial charge is 0.408 e. The summed E-state index contributed by atoms with van der Waals surface area (Å²) < 4.78 is 20.7. The predicted molar refractivity (Wildman–Crippen MR) is 113 cm³/mol. The Bertz CT molecular complexity index is 1320. The highest BCUT2D eigenvalue weighted by Gasteiger charge is 2.10. The Balaban J connectivity index is 1.46. The fourth-order valence-electron chi connectivity index (χ4n) is 3.30. The zero-order chi connectivity index (χ0) is 20.5. The normalized spacial score (nSPS) is 11.1. The van der Waals surface area contributed by atoms with Gasteiger partial charge in [-0.25, -0.2) is 9.37 Å². The molecule has 3 aromatic heterocycles. The third-order valence-corrected chi connectivity index (χ3v) is 4.78. The number of hydrogen-bond donors (Lipinski definition) is 1. The van der Waals surface area contributed by atoms with E-state index in [4.69, 9.17) is 4.42 Å². The molecule has 6 nitrogen and oxygen atoms in total. The summed E-state index contributed by atoms with van der Waals surface area (Å²) in [5.74, 6) is 0.229. The van der Waals surface area contributed by atoms with E-state index in [1.807, 2.05) is 53.2 Å². The van der Waals surface area contributed by atoms with E-state index in [0.29, 0.717) is 18.3 Å². The molecule has 0 bridgehead atoms. The molecule has 147 valence electrons. The lowest BCUT2D eigenvalue weighted by Gasteiger charge is -2.07. The van der Waals surface area contributed by atoms with Crippen LogP contribution in [0, 0.1) is 12.7 Å². The summed E-state index contributed by atoms with van der Waals surface area (Å²) in [7, 11) is 0. The Morgan fingerprint density at radius 2 is 1.83 bits per heavy atom. The molecule has 3 heterocycles. The van der Waals surface area contributed by atoms with Gasteiger partial charge in [-0.05, 0) is 54.4 Å². The van der Waals surface area contributed by atoms with E-state index in [1.54, 1.807) is 12.1 Å². The summed E-state index contributed by atoms with van der Waals surface area (Å²) in [6, 6.07) is 18.6. The van der Waals surface area contributed by atoms with Crippen LogP contribution in [0.1, 0.15) is 5.89 Å². The van der Waals surface area contributed by atoms with Crippen LogP contribution in [0.4, 0.5) is 16.1 Å². The van der Waals surface area contributed by atoms with Gasteiger partial charge in [-0.15, -0.1) is 5.10 Å². The molecule has 5 rings (SSSR count). The summed E-state index contributed by atoms with van der Waals surface area (Å²) in [5.41, 5.74) is 5.48. The van der Waals surface area contributed by atoms with Crippen LogP contribution < -0.4 is 5.32 Å². The average molecular weight is 398 g/mol. The average Bonchev–Trinajstić information content (AvgIpc) is 3.40. The van der Waals surface area contributed by atoms with Crippen LogP contribution in [0.5, 0.6) is 0 Å². The molecule has 0 amide bonds. The molecule has 0 aliphatic heterocycles. The first-order valence-electron chi connectivity index (χ1n) is 9.42. The molecule has 0 saturated carbocycles. The van der Waals surface area contributed by atoms with Gasteiger partial charge in [0.1, 0.15) is 11.5 Å². The van der Waals surface area contributed by atoms with Gasteiger partial charge < -0.3 is 9.73 Å². The van der Waals surface area contributed by atoms with Crippen LogP contribution in [0.25, 0.3) is 28.0 Å². The van der Waals surface area contributed by atoms with Crippen LogP contribution in [0.3, 0.4) is 0 Å². The molecule has 0 spiro atoms. The SMILES string of the molecule is [CH2]Cc1nnc(Nc2cccc(-c3cnc4cc(-c5ccc(F)cc5)ccn34)c2)o1. The first kappa shape index (κ1) is 18.1. The van der Waals surface area contributed by atoms with Crippen molar-refractivity contribution in [3.05, 3.63) is 91.7 Å². The third kappa shape index (κ3) is 3.41. The summed E-state index contributed by atoms with van der Waals surface area (Å²) in [4.78, 5) is 4.55. The number of fused-ring (bicyclic) bond motifs is 1. The molecule has 0 unspecified atom stereocenters. The minimum atomic E-state index is -0.250. The predicted octanol–water partition coefficient (Wildman–Crippen LogP) is 5.31. The van der Waals surface area contributed by atoms with Gasteiger partial charge in [0.2, 0.25) is 5.89 Å². The minimum Gasteiger partial charge on any atom is -0.408 e. The smallest absolute Gasteiger partial charge is 0.320 e. The van der Waals surface area contributed by atoms with Crippen molar-refractivity contribution in [1.29, 1.82) is 0 Å². The first-order valence-corrected chi connectivity index (χ1v) is 9.42. The van der Waals surface area contributed by atoms with Crippen molar-refractivity contribution in [2.45, 2.75) is 6.42 Å². The number of nitrogens with zero attached hydrogens (tertiary/aromatic N) is 4. The Kier molecular flexibility index (Phi) is 4.48. The number of benzene rings is 2. The van der Waals surface area contributed by atoms with E-state index >= 15 is 0 Å². The van der Waals surface area contributed by atoms with Gasteiger partial charge >= 0.3 is 6.01 Å². The molecule has 0 fully saturated rings. The van der Waals surface area contributed by atoms with Gasteiger partial charge in [-0.3, -0.25) is 4.40 Å². The zero-order valence-corrected chi connectivity index (χ0v) is 15.9. The lowest BCUT2D eigenvalue weighted by atomic mass is 10.1. The lowest BCUT2D eigenvalue weighted by molar-refractivity contribution is 0.522. The highest BCUT2D eigenvalue weighted by Crippen LogP contribution is 2.27. The topological polar surface area (TPSA) is 68.2 Å². The Labute approximate surface area is 172 Å². The molecule has 7 heteroatoms. The first-order chi connectivity index (χ1) is 14.7. The van der Waals surface area contributed by atoms with Crippen molar-refractivity contribution < 1.29 is 8.81 Å². The second kappa shape index (κ2) is 7.44. The molecule has 0 saturated heterocycles. The van der Waals surface area contributed by atoms with Gasteiger partial charge in [-0.1, -0.05) is 29.4 Å². The van der Waals surface area contributed by atoms with E-state index in [0.717, 1.165) is 33.7 Å². The van der Waals surface area contributed by atoms with Crippen LogP contribution in [0.15, 0.2) is 77.5 Å². The van der Waals surface area contributed by atoms with Gasteiger partial charge in [0, 0.05) is 23.9 Å². The Hall–Kier alpha value is -4.00. The number of rotatable bonds is 5. The second-order valence-electron chi connectivity index (χ2n) is 6.75. The maximum absolute atomic E-state index is 13.2. The van der Waals surface area contributed by atoms with Crippen LogP contribution in [-0.2, 0) is 6.42 Å². The van der Waals surface area contributed by atoms with Gasteiger partial charge in [-0.2, -0.15) is 0 Å². The Morgan fingerprint density at radius 1 is 0.967 bits per heavy atom. The van der Waals surface area contributed by atoms with Gasteiger partial charge in [0.15, 0.2) is 0 Å². The van der Waals surface area contributed by atoms with Crippen molar-refractivity contribution in [3.8, 4) is 22.4 Å². The van der Waals surface area contributed by atoms with E-state index in [2.05, 4.69) is 27.4 Å². The quantitative estimate of drug-likeness (QED) is 0.434. The zero-order valence-electron chi connectivity index (χ0n) is 15.9. The number of hydrogen-bond acceptors (Lipinski definition) is 5. The molecular weight excluding hydrogens is 381 g/mol. The van der Waals surface area contributed by atoms with Crippen LogP contribution >= 0.6 is 0 Å². The Morgan fingerprint density at radius 3 is 2.63 bits per heavy atom. The molecule has 1 radical (unpaired) electrons. The molecule has 0 atom stereocenters. The molecule has 30 heavy (non-hydrogen) atoms. The van der Waals surface area contributed by atoms with E-state index in [1.165, 1.54) is 12.1 Å². The van der Waals surface area contributed by atoms with Crippen molar-refractivity contribution in [3.63, 3.8) is 0 Å². The molecule has 1 N–H and O–H groups in total. The highest BCUT2D eigenvalue weighted by atomic mass is 19.1. The fraction of sp³-hybridized carbons (Fsp3) is 0.0435. The van der Waals surface area contributed by atoms with Crippen molar-refractivity contribution in [2.75, 3.05) is 5.32 Å². The molecule has 0 aliphatic rings. The number of halogens is 1. The summed E-state index contributed by atoms with van der Waals surface area (Å²) >= 11 is 0. The van der Waals surface area contributed by atoms with Gasteiger partial charge in [0.25, 0.3) is 0 Å². The van der Waals surface area contributed by atoms with Crippen molar-refractivity contribution >= 4 is 17.3 Å². The van der Waals surface area contributed by atoms with Gasteiger partial charge in [0.05, 0.1) is 11.9 Å². The maximum Gasteiger partial charge on any atom is 0.320 e. The number of nitrogens with one attached hydrogen (secondary N) is 1. The maximum atomic E-state index is 13.2. The number of aromatic nitrogens is 4. The third-order valence-electron chi connectivity index (χ3n) is 4.78. The lowest BCUT2D eigenvalue weighted by Crippen LogP contribution is -1.92. The summed E-state index contributed by atoms with van der Waals surface area (Å²) in [6.45, 7) is 3.73. The van der Waals surface area contributed by atoms with E-state index < -0.39 is 0 Å². The molecular formula is C23H17FN5O. The van der Waals surface area contributed by atoms with E-state index in [9.17, 15) is 4.39 Å². The standard InChI is InChI=1S/C23H17FN5O/c1-2-22-27-28-23(30-22)26-19-5-3-4-17(12-19)20-14-25-21-13-16(10-11-29(20)21)15-6-8-18(24)9-7-15/h3-14H,1-2H2,(H,26,28).